The normalized spacial score (nSPS) is 13.4. The molecule has 0 saturated heterocycles. The van der Waals surface area contributed by atoms with Gasteiger partial charge in [0.25, 0.3) is 0 Å². The second kappa shape index (κ2) is 5.82. The van der Waals surface area contributed by atoms with E-state index >= 15 is 0 Å². The second-order valence-corrected chi connectivity index (χ2v) is 4.93. The molecule has 3 N–H and O–H groups in total. The number of primary amides is 1. The summed E-state index contributed by atoms with van der Waals surface area (Å²) in [6, 6.07) is 10.5. The zero-order chi connectivity index (χ0) is 12.9. The Morgan fingerprint density at radius 1 is 1.35 bits per heavy atom. The molecule has 17 heavy (non-hydrogen) atoms. The zero-order valence-corrected chi connectivity index (χ0v) is 10.9. The van der Waals surface area contributed by atoms with E-state index in [4.69, 9.17) is 5.73 Å². The van der Waals surface area contributed by atoms with Crippen molar-refractivity contribution >= 4 is 5.91 Å². The summed E-state index contributed by atoms with van der Waals surface area (Å²) in [6.45, 7) is 5.75. The molecule has 0 saturated carbocycles. The number of hydrogen-bond acceptors (Lipinski definition) is 2. The van der Waals surface area contributed by atoms with Crippen LogP contribution in [-0.4, -0.2) is 17.5 Å². The van der Waals surface area contributed by atoms with Crippen molar-refractivity contribution in [2.24, 2.45) is 5.73 Å². The molecule has 1 atom stereocenters. The van der Waals surface area contributed by atoms with E-state index in [9.17, 15) is 4.79 Å². The second-order valence-electron chi connectivity index (χ2n) is 4.93. The molecule has 0 aromatic heterocycles. The van der Waals surface area contributed by atoms with Gasteiger partial charge in [0.15, 0.2) is 0 Å². The molecule has 0 radical (unpaired) electrons. The first kappa shape index (κ1) is 13.7. The summed E-state index contributed by atoms with van der Waals surface area (Å²) in [4.78, 5) is 11.3. The number of hydrogen-bond donors (Lipinski definition) is 2. The molecule has 3 nitrogen and oxygen atoms in total. The zero-order valence-electron chi connectivity index (χ0n) is 10.9. The monoisotopic (exact) mass is 234 g/mol. The van der Waals surface area contributed by atoms with E-state index in [1.54, 1.807) is 0 Å². The highest BCUT2D eigenvalue weighted by Gasteiger charge is 2.27. The first-order valence-corrected chi connectivity index (χ1v) is 6.07. The Morgan fingerprint density at radius 3 is 2.41 bits per heavy atom. The highest BCUT2D eigenvalue weighted by Crippen LogP contribution is 2.10. The molecule has 0 aliphatic heterocycles. The van der Waals surface area contributed by atoms with Gasteiger partial charge >= 0.3 is 0 Å². The Labute approximate surface area is 103 Å². The lowest BCUT2D eigenvalue weighted by Gasteiger charge is -2.28. The van der Waals surface area contributed by atoms with E-state index in [0.29, 0.717) is 0 Å². The van der Waals surface area contributed by atoms with Crippen molar-refractivity contribution < 1.29 is 4.79 Å². The van der Waals surface area contributed by atoms with Gasteiger partial charge in [-0.3, -0.25) is 4.79 Å². The Balaban J connectivity index is 2.64. The number of nitrogens with two attached hydrogens (primary N) is 1. The molecule has 0 spiro atoms. The molecule has 1 aromatic rings. The average molecular weight is 234 g/mol. The summed E-state index contributed by atoms with van der Waals surface area (Å²) < 4.78 is 0. The Bertz CT molecular complexity index is 360. The molecule has 0 aliphatic carbocycles. The Hall–Kier alpha value is -1.35. The van der Waals surface area contributed by atoms with Crippen LogP contribution in [-0.2, 0) is 11.2 Å². The average Bonchev–Trinajstić information content (AvgIpc) is 2.29. The maximum atomic E-state index is 11.3. The van der Waals surface area contributed by atoms with Crippen molar-refractivity contribution in [1.29, 1.82) is 0 Å². The van der Waals surface area contributed by atoms with Crippen molar-refractivity contribution in [3.8, 4) is 0 Å². The minimum Gasteiger partial charge on any atom is -0.368 e. The summed E-state index contributed by atoms with van der Waals surface area (Å²) in [5.74, 6) is -0.316. The Morgan fingerprint density at radius 2 is 1.94 bits per heavy atom. The highest BCUT2D eigenvalue weighted by molar-refractivity contribution is 5.83. The summed E-state index contributed by atoms with van der Waals surface area (Å²) in [5, 5.41) is 3.32. The lowest BCUT2D eigenvalue weighted by molar-refractivity contribution is -0.123. The lowest BCUT2D eigenvalue weighted by atomic mass is 9.98. The van der Waals surface area contributed by atoms with Gasteiger partial charge in [-0.2, -0.15) is 0 Å². The fourth-order valence-electron chi connectivity index (χ4n) is 1.78. The number of benzene rings is 1. The highest BCUT2D eigenvalue weighted by atomic mass is 16.1. The molecule has 1 amide bonds. The van der Waals surface area contributed by atoms with Crippen molar-refractivity contribution in [3.05, 3.63) is 35.9 Å². The minimum atomic E-state index is -0.657. The summed E-state index contributed by atoms with van der Waals surface area (Å²) >= 11 is 0. The molecule has 0 aliphatic rings. The smallest absolute Gasteiger partial charge is 0.237 e. The van der Waals surface area contributed by atoms with Gasteiger partial charge in [-0.25, -0.2) is 0 Å². The van der Waals surface area contributed by atoms with Gasteiger partial charge in [-0.1, -0.05) is 37.3 Å². The van der Waals surface area contributed by atoms with Gasteiger partial charge < -0.3 is 11.1 Å². The van der Waals surface area contributed by atoms with Crippen LogP contribution in [0.25, 0.3) is 0 Å². The molecule has 0 heterocycles. The standard InChI is InChI=1S/C14H22N2O/c1-4-12(16-14(2,3)13(15)17)10-11-8-6-5-7-9-11/h5-9,12,16H,4,10H2,1-3H3,(H2,15,17). The number of nitrogens with one attached hydrogen (secondary N) is 1. The molecule has 94 valence electrons. The minimum absolute atomic E-state index is 0.264. The summed E-state index contributed by atoms with van der Waals surface area (Å²) in [7, 11) is 0. The first-order valence-electron chi connectivity index (χ1n) is 6.07. The third kappa shape index (κ3) is 4.19. The molecule has 1 aromatic carbocycles. The van der Waals surface area contributed by atoms with Crippen LogP contribution in [0.5, 0.6) is 0 Å². The number of carbonyl (C=O) groups excluding carboxylic acids is 1. The molecule has 3 heteroatoms. The van der Waals surface area contributed by atoms with Crippen molar-refractivity contribution in [3.63, 3.8) is 0 Å². The van der Waals surface area contributed by atoms with Gasteiger partial charge in [-0.05, 0) is 32.3 Å². The Kier molecular flexibility index (Phi) is 4.70. The van der Waals surface area contributed by atoms with Crippen LogP contribution in [0.4, 0.5) is 0 Å². The van der Waals surface area contributed by atoms with Gasteiger partial charge in [0.2, 0.25) is 5.91 Å². The molecule has 0 fully saturated rings. The molecular weight excluding hydrogens is 212 g/mol. The van der Waals surface area contributed by atoms with E-state index in [0.717, 1.165) is 12.8 Å². The van der Waals surface area contributed by atoms with E-state index < -0.39 is 5.54 Å². The summed E-state index contributed by atoms with van der Waals surface area (Å²) in [5.41, 5.74) is 5.98. The van der Waals surface area contributed by atoms with Gasteiger partial charge in [0.1, 0.15) is 0 Å². The number of amides is 1. The molecule has 0 bridgehead atoms. The molecule has 1 unspecified atom stereocenters. The van der Waals surface area contributed by atoms with Crippen LogP contribution in [0.1, 0.15) is 32.8 Å². The number of rotatable bonds is 6. The quantitative estimate of drug-likeness (QED) is 0.789. The van der Waals surface area contributed by atoms with Crippen LogP contribution in [0.15, 0.2) is 30.3 Å². The van der Waals surface area contributed by atoms with Crippen molar-refractivity contribution in [2.45, 2.75) is 45.2 Å². The van der Waals surface area contributed by atoms with Crippen molar-refractivity contribution in [2.75, 3.05) is 0 Å². The lowest BCUT2D eigenvalue weighted by Crippen LogP contribution is -2.54. The topological polar surface area (TPSA) is 55.1 Å². The van der Waals surface area contributed by atoms with E-state index in [1.165, 1.54) is 5.56 Å². The van der Waals surface area contributed by atoms with Crippen LogP contribution < -0.4 is 11.1 Å². The fraction of sp³-hybridized carbons (Fsp3) is 0.500. The molecule has 1 rings (SSSR count). The largest absolute Gasteiger partial charge is 0.368 e. The van der Waals surface area contributed by atoms with Gasteiger partial charge in [0.05, 0.1) is 5.54 Å². The predicted octanol–water partition coefficient (Wildman–Crippen LogP) is 1.86. The third-order valence-electron chi connectivity index (χ3n) is 3.00. The SMILES string of the molecule is CCC(Cc1ccccc1)NC(C)(C)C(N)=O. The van der Waals surface area contributed by atoms with Crippen LogP contribution >= 0.6 is 0 Å². The van der Waals surface area contributed by atoms with Crippen LogP contribution in [0, 0.1) is 0 Å². The van der Waals surface area contributed by atoms with Crippen LogP contribution in [0.2, 0.25) is 0 Å². The van der Waals surface area contributed by atoms with E-state index in [2.05, 4.69) is 24.4 Å². The van der Waals surface area contributed by atoms with Gasteiger partial charge in [-0.15, -0.1) is 0 Å². The van der Waals surface area contributed by atoms with Crippen molar-refractivity contribution in [1.82, 2.24) is 5.32 Å². The molecular formula is C14H22N2O. The summed E-state index contributed by atoms with van der Waals surface area (Å²) in [6.07, 6.45) is 1.87. The van der Waals surface area contributed by atoms with Gasteiger partial charge in [0, 0.05) is 6.04 Å². The third-order valence-corrected chi connectivity index (χ3v) is 3.00. The maximum Gasteiger partial charge on any atom is 0.237 e. The fourth-order valence-corrected chi connectivity index (χ4v) is 1.78. The van der Waals surface area contributed by atoms with E-state index in [1.807, 2.05) is 32.0 Å². The predicted molar refractivity (Wildman–Crippen MR) is 70.6 cm³/mol. The van der Waals surface area contributed by atoms with E-state index in [-0.39, 0.29) is 11.9 Å². The maximum absolute atomic E-state index is 11.3. The first-order chi connectivity index (χ1) is 7.95. The van der Waals surface area contributed by atoms with Crippen LogP contribution in [0.3, 0.4) is 0 Å². The number of carbonyl (C=O) groups is 1.